The Morgan fingerprint density at radius 1 is 0.804 bits per heavy atom. The van der Waals surface area contributed by atoms with Crippen LogP contribution in [0.15, 0.2) is 84.9 Å². The third kappa shape index (κ3) is 7.04. The number of benzene rings is 4. The number of phenolic OH excluding ortho intramolecular Hbond substituents is 1. The maximum absolute atomic E-state index is 13.2. The van der Waals surface area contributed by atoms with E-state index in [-0.39, 0.29) is 41.7 Å². The number of carbonyl (C=O) groups excluding carboxylic acids is 3. The number of ether oxygens (including phenoxy) is 2. The normalized spacial score (nSPS) is 23.1. The summed E-state index contributed by atoms with van der Waals surface area (Å²) in [7, 11) is 1.69. The number of phenols is 1. The third-order valence-corrected chi connectivity index (χ3v) is 12.7. The largest absolute Gasteiger partial charge is 0.508 e. The SMILES string of the molecule is COc1cccc([C@H]2COc3cc(O)ccc3C2c2ccc(N3CCC(CN4CCN(c5ccc6c(c5)CN(C5CCC(=O)NC5=O)C6=O)CC4)CC3)cc2)c1. The average molecular weight is 756 g/mol. The van der Waals surface area contributed by atoms with Gasteiger partial charge in [-0.05, 0) is 90.4 Å². The summed E-state index contributed by atoms with van der Waals surface area (Å²) in [4.78, 5) is 46.4. The summed E-state index contributed by atoms with van der Waals surface area (Å²) in [6.45, 7) is 8.00. The van der Waals surface area contributed by atoms with Crippen molar-refractivity contribution in [3.63, 3.8) is 0 Å². The van der Waals surface area contributed by atoms with Crippen LogP contribution in [0.2, 0.25) is 0 Å². The summed E-state index contributed by atoms with van der Waals surface area (Å²) in [5.74, 6) is 1.85. The van der Waals surface area contributed by atoms with Crippen LogP contribution >= 0.6 is 0 Å². The Morgan fingerprint density at radius 3 is 2.34 bits per heavy atom. The van der Waals surface area contributed by atoms with E-state index in [2.05, 4.69) is 62.5 Å². The van der Waals surface area contributed by atoms with Crippen LogP contribution in [0.5, 0.6) is 17.2 Å². The Kier molecular flexibility index (Phi) is 9.79. The van der Waals surface area contributed by atoms with Gasteiger partial charge in [-0.25, -0.2) is 0 Å². The number of nitrogens with zero attached hydrogens (tertiary/aromatic N) is 4. The number of rotatable bonds is 8. The van der Waals surface area contributed by atoms with Gasteiger partial charge in [-0.3, -0.25) is 24.6 Å². The minimum atomic E-state index is -0.593. The smallest absolute Gasteiger partial charge is 0.255 e. The van der Waals surface area contributed by atoms with Crippen LogP contribution in [0.1, 0.15) is 70.1 Å². The van der Waals surface area contributed by atoms with Gasteiger partial charge < -0.3 is 29.3 Å². The Hall–Kier alpha value is -5.55. The molecule has 290 valence electrons. The van der Waals surface area contributed by atoms with Gasteiger partial charge in [-0.2, -0.15) is 0 Å². The van der Waals surface area contributed by atoms with E-state index in [1.54, 1.807) is 24.1 Å². The van der Waals surface area contributed by atoms with Gasteiger partial charge in [0.15, 0.2) is 0 Å². The molecule has 3 fully saturated rings. The molecule has 0 bridgehead atoms. The number of aromatic hydroxyl groups is 1. The van der Waals surface area contributed by atoms with Crippen LogP contribution in [0, 0.1) is 5.92 Å². The lowest BCUT2D eigenvalue weighted by Crippen LogP contribution is -2.52. The molecule has 56 heavy (non-hydrogen) atoms. The predicted molar refractivity (Wildman–Crippen MR) is 214 cm³/mol. The van der Waals surface area contributed by atoms with Gasteiger partial charge in [-0.15, -0.1) is 0 Å². The Bertz CT molecular complexity index is 2120. The molecule has 3 saturated heterocycles. The lowest BCUT2D eigenvalue weighted by Gasteiger charge is -2.40. The summed E-state index contributed by atoms with van der Waals surface area (Å²) >= 11 is 0. The van der Waals surface area contributed by atoms with Crippen LogP contribution in [0.3, 0.4) is 0 Å². The molecule has 5 aliphatic rings. The quantitative estimate of drug-likeness (QED) is 0.225. The Morgan fingerprint density at radius 2 is 1.57 bits per heavy atom. The van der Waals surface area contributed by atoms with Gasteiger partial charge in [-0.1, -0.05) is 30.3 Å². The molecule has 2 N–H and O–H groups in total. The van der Waals surface area contributed by atoms with Crippen molar-refractivity contribution in [1.82, 2.24) is 15.1 Å². The fourth-order valence-electron chi connectivity index (χ4n) is 9.55. The number of amides is 3. The predicted octanol–water partition coefficient (Wildman–Crippen LogP) is 5.51. The molecule has 0 aliphatic carbocycles. The van der Waals surface area contributed by atoms with Crippen molar-refractivity contribution in [1.29, 1.82) is 0 Å². The molecule has 11 heteroatoms. The molecule has 0 radical (unpaired) electrons. The maximum atomic E-state index is 13.2. The van der Waals surface area contributed by atoms with Crippen molar-refractivity contribution in [3.05, 3.63) is 113 Å². The minimum Gasteiger partial charge on any atom is -0.508 e. The fraction of sp³-hybridized carbons (Fsp3) is 0.400. The first-order chi connectivity index (χ1) is 27.3. The number of nitrogens with one attached hydrogen (secondary N) is 1. The van der Waals surface area contributed by atoms with Crippen molar-refractivity contribution in [2.24, 2.45) is 5.92 Å². The van der Waals surface area contributed by atoms with Crippen molar-refractivity contribution >= 4 is 29.1 Å². The number of anilines is 2. The maximum Gasteiger partial charge on any atom is 0.255 e. The summed E-state index contributed by atoms with van der Waals surface area (Å²) in [5, 5.41) is 12.6. The summed E-state index contributed by atoms with van der Waals surface area (Å²) < 4.78 is 11.8. The van der Waals surface area contributed by atoms with E-state index in [1.807, 2.05) is 30.3 Å². The molecular formula is C45H49N5O6. The topological polar surface area (TPSA) is 115 Å². The summed E-state index contributed by atoms with van der Waals surface area (Å²) in [6.07, 6.45) is 2.96. The van der Waals surface area contributed by atoms with E-state index in [1.165, 1.54) is 29.7 Å². The van der Waals surface area contributed by atoms with Crippen LogP contribution in [-0.2, 0) is 16.1 Å². The molecule has 9 rings (SSSR count). The number of piperazine rings is 1. The fourth-order valence-corrected chi connectivity index (χ4v) is 9.55. The molecule has 2 unspecified atom stereocenters. The average Bonchev–Trinajstić information content (AvgIpc) is 3.55. The van der Waals surface area contributed by atoms with Crippen molar-refractivity contribution in [2.45, 2.75) is 50.1 Å². The standard InChI is InChI=1S/C45H49N5O6/c1-55-36-4-2-3-31(24-36)39-28-56-41-25-35(51)10-12-38(41)43(39)30-5-7-33(8-6-30)48-17-15-29(16-18-48)26-47-19-21-49(22-20-47)34-9-11-37-32(23-34)27-50(45(37)54)40-13-14-42(52)46-44(40)53/h2-12,23-25,29,39-40,43,51H,13-22,26-28H2,1H3,(H,46,52,53)/t39-,40?,43?/m1/s1. The zero-order valence-corrected chi connectivity index (χ0v) is 31.9. The Balaban J connectivity index is 0.787. The van der Waals surface area contributed by atoms with E-state index >= 15 is 0 Å². The molecular weight excluding hydrogens is 707 g/mol. The lowest BCUT2D eigenvalue weighted by atomic mass is 9.76. The van der Waals surface area contributed by atoms with Gasteiger partial charge in [0, 0.05) is 99.2 Å². The monoisotopic (exact) mass is 755 g/mol. The van der Waals surface area contributed by atoms with Gasteiger partial charge >= 0.3 is 0 Å². The first-order valence-corrected chi connectivity index (χ1v) is 20.0. The molecule has 3 amide bonds. The number of methoxy groups -OCH3 is 1. The zero-order valence-electron chi connectivity index (χ0n) is 31.9. The van der Waals surface area contributed by atoms with E-state index < -0.39 is 6.04 Å². The van der Waals surface area contributed by atoms with Crippen LogP contribution in [0.4, 0.5) is 11.4 Å². The summed E-state index contributed by atoms with van der Waals surface area (Å²) in [6, 6.07) is 28.3. The van der Waals surface area contributed by atoms with Crippen LogP contribution in [0.25, 0.3) is 0 Å². The molecule has 4 aromatic carbocycles. The minimum absolute atomic E-state index is 0.0777. The first-order valence-electron chi connectivity index (χ1n) is 20.0. The Labute approximate surface area is 327 Å². The zero-order chi connectivity index (χ0) is 38.3. The molecule has 0 saturated carbocycles. The van der Waals surface area contributed by atoms with Crippen LogP contribution < -0.4 is 24.6 Å². The first kappa shape index (κ1) is 36.1. The highest BCUT2D eigenvalue weighted by molar-refractivity contribution is 6.05. The van der Waals surface area contributed by atoms with E-state index in [0.717, 1.165) is 74.1 Å². The molecule has 4 aromatic rings. The van der Waals surface area contributed by atoms with Crippen LogP contribution in [-0.4, -0.2) is 98.2 Å². The second-order valence-electron chi connectivity index (χ2n) is 15.9. The van der Waals surface area contributed by atoms with Gasteiger partial charge in [0.25, 0.3) is 5.91 Å². The molecule has 5 aliphatic heterocycles. The van der Waals surface area contributed by atoms with Gasteiger partial charge in [0.05, 0.1) is 13.7 Å². The lowest BCUT2D eigenvalue weighted by molar-refractivity contribution is -0.136. The number of carbonyl (C=O) groups is 3. The molecule has 3 atom stereocenters. The van der Waals surface area contributed by atoms with Gasteiger partial charge in [0.2, 0.25) is 11.8 Å². The van der Waals surface area contributed by atoms with E-state index in [0.29, 0.717) is 31.1 Å². The number of fused-ring (bicyclic) bond motifs is 2. The van der Waals surface area contributed by atoms with Crippen molar-refractivity contribution in [2.75, 3.05) is 69.3 Å². The molecule has 5 heterocycles. The van der Waals surface area contributed by atoms with Crippen molar-refractivity contribution < 1.29 is 29.0 Å². The highest BCUT2D eigenvalue weighted by Crippen LogP contribution is 2.47. The number of hydrogen-bond acceptors (Lipinski definition) is 9. The van der Waals surface area contributed by atoms with Crippen molar-refractivity contribution in [3.8, 4) is 17.2 Å². The van der Waals surface area contributed by atoms with Gasteiger partial charge in [0.1, 0.15) is 23.3 Å². The van der Waals surface area contributed by atoms with E-state index in [4.69, 9.17) is 9.47 Å². The number of hydrogen-bond donors (Lipinski definition) is 2. The molecule has 11 nitrogen and oxygen atoms in total. The second kappa shape index (κ2) is 15.2. The second-order valence-corrected chi connectivity index (χ2v) is 15.9. The highest BCUT2D eigenvalue weighted by atomic mass is 16.5. The summed E-state index contributed by atoms with van der Waals surface area (Å²) in [5.41, 5.74) is 7.47. The van der Waals surface area contributed by atoms with E-state index in [9.17, 15) is 19.5 Å². The number of piperidine rings is 2. The highest BCUT2D eigenvalue weighted by Gasteiger charge is 2.39. The molecule has 0 spiro atoms. The molecule has 0 aromatic heterocycles. The number of imide groups is 1. The third-order valence-electron chi connectivity index (χ3n) is 12.7.